The van der Waals surface area contributed by atoms with Gasteiger partial charge in [0.15, 0.2) is 0 Å². The van der Waals surface area contributed by atoms with Crippen LogP contribution in [0.3, 0.4) is 0 Å². The Labute approximate surface area is 122 Å². The Morgan fingerprint density at radius 2 is 1.70 bits per heavy atom. The molecule has 0 aliphatic heterocycles. The highest BCUT2D eigenvalue weighted by Crippen LogP contribution is 2.16. The van der Waals surface area contributed by atoms with Crippen LogP contribution in [0.5, 0.6) is 0 Å². The van der Waals surface area contributed by atoms with Crippen molar-refractivity contribution in [1.82, 2.24) is 10.6 Å². The molecule has 0 saturated heterocycles. The van der Waals surface area contributed by atoms with E-state index in [0.29, 0.717) is 18.7 Å². The zero-order chi connectivity index (χ0) is 15.2. The van der Waals surface area contributed by atoms with Crippen molar-refractivity contribution in [1.29, 1.82) is 0 Å². The standard InChI is InChI=1S/C14H18ClFN2O2/c1-14(2,9-15)13(20)18-8-7-17-12(19)10-3-5-11(16)6-4-10/h3-6H,7-9H2,1-2H3,(H,17,19)(H,18,20). The number of carbonyl (C=O) groups is 2. The molecular weight excluding hydrogens is 283 g/mol. The molecule has 1 rings (SSSR count). The average Bonchev–Trinajstić information content (AvgIpc) is 2.43. The average molecular weight is 301 g/mol. The van der Waals surface area contributed by atoms with Crippen molar-refractivity contribution in [3.63, 3.8) is 0 Å². The van der Waals surface area contributed by atoms with Gasteiger partial charge in [-0.1, -0.05) is 0 Å². The van der Waals surface area contributed by atoms with Crippen molar-refractivity contribution in [2.24, 2.45) is 5.41 Å². The highest BCUT2D eigenvalue weighted by atomic mass is 35.5. The number of amides is 2. The van der Waals surface area contributed by atoms with E-state index in [1.54, 1.807) is 13.8 Å². The number of carbonyl (C=O) groups excluding carboxylic acids is 2. The normalized spacial score (nSPS) is 11.0. The minimum absolute atomic E-state index is 0.163. The van der Waals surface area contributed by atoms with Gasteiger partial charge in [-0.2, -0.15) is 0 Å². The van der Waals surface area contributed by atoms with Gasteiger partial charge in [0.25, 0.3) is 5.91 Å². The van der Waals surface area contributed by atoms with Crippen LogP contribution in [-0.2, 0) is 4.79 Å². The smallest absolute Gasteiger partial charge is 0.251 e. The largest absolute Gasteiger partial charge is 0.354 e. The second kappa shape index (κ2) is 7.24. The van der Waals surface area contributed by atoms with Crippen molar-refractivity contribution in [2.75, 3.05) is 19.0 Å². The summed E-state index contributed by atoms with van der Waals surface area (Å²) in [5.74, 6) is -0.641. The lowest BCUT2D eigenvalue weighted by atomic mass is 9.95. The topological polar surface area (TPSA) is 58.2 Å². The number of benzene rings is 1. The van der Waals surface area contributed by atoms with Crippen LogP contribution < -0.4 is 10.6 Å². The lowest BCUT2D eigenvalue weighted by Gasteiger charge is -2.20. The van der Waals surface area contributed by atoms with E-state index in [2.05, 4.69) is 10.6 Å². The molecule has 0 radical (unpaired) electrons. The van der Waals surface area contributed by atoms with Crippen LogP contribution in [0.1, 0.15) is 24.2 Å². The molecule has 2 amide bonds. The van der Waals surface area contributed by atoms with E-state index in [4.69, 9.17) is 11.6 Å². The van der Waals surface area contributed by atoms with E-state index in [1.165, 1.54) is 24.3 Å². The Morgan fingerprint density at radius 1 is 1.15 bits per heavy atom. The van der Waals surface area contributed by atoms with Crippen LogP contribution in [0, 0.1) is 11.2 Å². The summed E-state index contributed by atoms with van der Waals surface area (Å²) in [6.45, 7) is 4.09. The maximum atomic E-state index is 12.7. The zero-order valence-corrected chi connectivity index (χ0v) is 12.3. The number of hydrogen-bond donors (Lipinski definition) is 2. The van der Waals surface area contributed by atoms with Gasteiger partial charge in [0.1, 0.15) is 5.82 Å². The van der Waals surface area contributed by atoms with E-state index in [-0.39, 0.29) is 17.7 Å². The molecule has 0 heterocycles. The Bertz CT molecular complexity index is 475. The summed E-state index contributed by atoms with van der Waals surface area (Å²) in [6, 6.07) is 5.25. The van der Waals surface area contributed by atoms with Crippen molar-refractivity contribution in [2.45, 2.75) is 13.8 Å². The Hall–Kier alpha value is -1.62. The molecule has 6 heteroatoms. The summed E-state index contributed by atoms with van der Waals surface area (Å²) in [4.78, 5) is 23.4. The third-order valence-electron chi connectivity index (χ3n) is 2.75. The van der Waals surface area contributed by atoms with E-state index >= 15 is 0 Å². The van der Waals surface area contributed by atoms with Crippen LogP contribution in [0.25, 0.3) is 0 Å². The second-order valence-corrected chi connectivity index (χ2v) is 5.30. The van der Waals surface area contributed by atoms with Crippen LogP contribution in [0.2, 0.25) is 0 Å². The molecule has 2 N–H and O–H groups in total. The van der Waals surface area contributed by atoms with E-state index in [9.17, 15) is 14.0 Å². The molecule has 20 heavy (non-hydrogen) atoms. The molecule has 0 fully saturated rings. The van der Waals surface area contributed by atoms with Crippen molar-refractivity contribution < 1.29 is 14.0 Å². The molecule has 1 aromatic rings. The van der Waals surface area contributed by atoms with Gasteiger partial charge >= 0.3 is 0 Å². The summed E-state index contributed by atoms with van der Waals surface area (Å²) >= 11 is 5.68. The van der Waals surface area contributed by atoms with Gasteiger partial charge in [0.2, 0.25) is 5.91 Å². The lowest BCUT2D eigenvalue weighted by Crippen LogP contribution is -2.41. The maximum absolute atomic E-state index is 12.7. The van der Waals surface area contributed by atoms with Gasteiger partial charge in [-0.05, 0) is 38.1 Å². The SMILES string of the molecule is CC(C)(CCl)C(=O)NCCNC(=O)c1ccc(F)cc1. The number of rotatable bonds is 6. The molecule has 110 valence electrons. The molecule has 0 spiro atoms. The number of nitrogens with one attached hydrogen (secondary N) is 2. The fourth-order valence-electron chi connectivity index (χ4n) is 1.36. The van der Waals surface area contributed by atoms with Gasteiger partial charge in [-0.15, -0.1) is 11.6 Å². The van der Waals surface area contributed by atoms with Crippen molar-refractivity contribution >= 4 is 23.4 Å². The predicted molar refractivity (Wildman–Crippen MR) is 76.2 cm³/mol. The second-order valence-electron chi connectivity index (χ2n) is 5.04. The van der Waals surface area contributed by atoms with Gasteiger partial charge < -0.3 is 10.6 Å². The fraction of sp³-hybridized carbons (Fsp3) is 0.429. The first kappa shape index (κ1) is 16.4. The van der Waals surface area contributed by atoms with Crippen LogP contribution in [-0.4, -0.2) is 30.8 Å². The minimum Gasteiger partial charge on any atom is -0.354 e. The van der Waals surface area contributed by atoms with Crippen molar-refractivity contribution in [3.05, 3.63) is 35.6 Å². The highest BCUT2D eigenvalue weighted by Gasteiger charge is 2.25. The minimum atomic E-state index is -0.636. The first-order valence-electron chi connectivity index (χ1n) is 6.25. The van der Waals surface area contributed by atoms with Crippen LogP contribution >= 0.6 is 11.6 Å². The van der Waals surface area contributed by atoms with Crippen LogP contribution in [0.4, 0.5) is 4.39 Å². The predicted octanol–water partition coefficient (Wildman–Crippen LogP) is 1.94. The van der Waals surface area contributed by atoms with Gasteiger partial charge in [0.05, 0.1) is 5.41 Å². The quantitative estimate of drug-likeness (QED) is 0.623. The molecule has 0 atom stereocenters. The van der Waals surface area contributed by atoms with E-state index in [1.807, 2.05) is 0 Å². The zero-order valence-electron chi connectivity index (χ0n) is 11.5. The first-order chi connectivity index (χ1) is 9.36. The van der Waals surface area contributed by atoms with Gasteiger partial charge in [0, 0.05) is 24.5 Å². The third kappa shape index (κ3) is 4.81. The Balaban J connectivity index is 2.33. The molecule has 4 nitrogen and oxygen atoms in total. The lowest BCUT2D eigenvalue weighted by molar-refractivity contribution is -0.128. The molecular formula is C14H18ClFN2O2. The molecule has 0 unspecified atom stereocenters. The monoisotopic (exact) mass is 300 g/mol. The van der Waals surface area contributed by atoms with Crippen molar-refractivity contribution in [3.8, 4) is 0 Å². The third-order valence-corrected chi connectivity index (χ3v) is 3.42. The summed E-state index contributed by atoms with van der Waals surface area (Å²) in [7, 11) is 0. The summed E-state index contributed by atoms with van der Waals surface area (Å²) in [6.07, 6.45) is 0. The molecule has 0 aliphatic rings. The first-order valence-corrected chi connectivity index (χ1v) is 6.78. The summed E-state index contributed by atoms with van der Waals surface area (Å²) < 4.78 is 12.7. The molecule has 0 aromatic heterocycles. The molecule has 0 saturated carbocycles. The van der Waals surface area contributed by atoms with Gasteiger partial charge in [-0.3, -0.25) is 9.59 Å². The van der Waals surface area contributed by atoms with Crippen LogP contribution in [0.15, 0.2) is 24.3 Å². The van der Waals surface area contributed by atoms with E-state index in [0.717, 1.165) is 0 Å². The highest BCUT2D eigenvalue weighted by molar-refractivity contribution is 6.19. The Kier molecular flexibility index (Phi) is 5.95. The number of alkyl halides is 1. The number of hydrogen-bond acceptors (Lipinski definition) is 2. The summed E-state index contributed by atoms with van der Waals surface area (Å²) in [5.41, 5.74) is -0.262. The number of halogens is 2. The molecule has 0 bridgehead atoms. The molecule has 0 aliphatic carbocycles. The maximum Gasteiger partial charge on any atom is 0.251 e. The summed E-state index contributed by atoms with van der Waals surface area (Å²) in [5, 5.41) is 5.33. The molecule has 1 aromatic carbocycles. The fourth-order valence-corrected chi connectivity index (χ4v) is 1.48. The van der Waals surface area contributed by atoms with Gasteiger partial charge in [-0.25, -0.2) is 4.39 Å². The Morgan fingerprint density at radius 3 is 2.25 bits per heavy atom. The van der Waals surface area contributed by atoms with E-state index < -0.39 is 11.2 Å².